The number of pyridine rings is 1. The third-order valence-corrected chi connectivity index (χ3v) is 5.35. The van der Waals surface area contributed by atoms with Crippen LogP contribution in [0.2, 0.25) is 0 Å². The molecule has 2 aromatic heterocycles. The number of hydrogen-bond acceptors (Lipinski definition) is 6. The van der Waals surface area contributed by atoms with Crippen LogP contribution in [0.25, 0.3) is 22.1 Å². The van der Waals surface area contributed by atoms with Crippen LogP contribution in [0.4, 0.5) is 8.78 Å². The number of carbonyl (C=O) groups excluding carboxylic acids is 1. The average molecular weight is 466 g/mol. The lowest BCUT2D eigenvalue weighted by atomic mass is 10.00. The second-order valence-corrected chi connectivity index (χ2v) is 7.82. The van der Waals surface area contributed by atoms with Crippen molar-refractivity contribution in [2.45, 2.75) is 33.4 Å². The first-order chi connectivity index (χ1) is 16.4. The minimum absolute atomic E-state index is 0.0742. The Morgan fingerprint density at radius 2 is 1.94 bits per heavy atom. The molecule has 176 valence electrons. The summed E-state index contributed by atoms with van der Waals surface area (Å²) in [6, 6.07) is 10.9. The van der Waals surface area contributed by atoms with Crippen LogP contribution >= 0.6 is 0 Å². The molecule has 0 spiro atoms. The number of halogens is 2. The Morgan fingerprint density at radius 3 is 2.71 bits per heavy atom. The van der Waals surface area contributed by atoms with E-state index < -0.39 is 11.8 Å². The van der Waals surface area contributed by atoms with Crippen molar-refractivity contribution in [1.29, 1.82) is 0 Å². The summed E-state index contributed by atoms with van der Waals surface area (Å²) in [6.45, 7) is 3.99. The van der Waals surface area contributed by atoms with Crippen LogP contribution in [0.1, 0.15) is 29.3 Å². The molecule has 0 atom stereocenters. The predicted octanol–water partition coefficient (Wildman–Crippen LogP) is 5.22. The molecule has 0 amide bonds. The van der Waals surface area contributed by atoms with Gasteiger partial charge in [0, 0.05) is 40.9 Å². The highest BCUT2D eigenvalue weighted by Crippen LogP contribution is 2.34. The molecular formula is C26H24F2N2O4. The van der Waals surface area contributed by atoms with E-state index in [1.54, 1.807) is 19.1 Å². The van der Waals surface area contributed by atoms with Gasteiger partial charge in [0.25, 0.3) is 6.01 Å². The SMILES string of the molecule is CCOC(=O)Cc1ccc(C)cc1OCc1cc(-c2ccnc(CN)c2F)c2oc(F)cc2c1. The summed E-state index contributed by atoms with van der Waals surface area (Å²) in [5, 5.41) is 0.468. The molecular weight excluding hydrogens is 442 g/mol. The van der Waals surface area contributed by atoms with Crippen molar-refractivity contribution in [3.8, 4) is 16.9 Å². The summed E-state index contributed by atoms with van der Waals surface area (Å²) >= 11 is 0. The van der Waals surface area contributed by atoms with Crippen LogP contribution in [-0.4, -0.2) is 17.6 Å². The fraction of sp³-hybridized carbons (Fsp3) is 0.231. The van der Waals surface area contributed by atoms with Gasteiger partial charge in [-0.15, -0.1) is 0 Å². The minimum Gasteiger partial charge on any atom is -0.489 e. The standard InChI is InChI=1S/C26H24F2N2O4/c1-3-32-24(31)12-17-5-4-15(2)8-22(17)33-14-16-9-18-11-23(27)34-26(18)20(10-16)19-6-7-30-21(13-29)25(19)28/h4-11H,3,12-14,29H2,1-2H3. The highest BCUT2D eigenvalue weighted by atomic mass is 19.1. The molecule has 0 saturated carbocycles. The molecule has 8 heteroatoms. The molecule has 4 aromatic rings. The molecule has 0 aliphatic heterocycles. The first-order valence-electron chi connectivity index (χ1n) is 10.8. The van der Waals surface area contributed by atoms with E-state index in [9.17, 15) is 9.18 Å². The first kappa shape index (κ1) is 23.4. The zero-order valence-corrected chi connectivity index (χ0v) is 18.9. The van der Waals surface area contributed by atoms with Gasteiger partial charge in [-0.05, 0) is 49.2 Å². The molecule has 4 rings (SSSR count). The van der Waals surface area contributed by atoms with Gasteiger partial charge in [-0.1, -0.05) is 12.1 Å². The van der Waals surface area contributed by atoms with Crippen LogP contribution < -0.4 is 10.5 Å². The van der Waals surface area contributed by atoms with Crippen molar-refractivity contribution in [3.05, 3.63) is 82.9 Å². The fourth-order valence-corrected chi connectivity index (χ4v) is 3.78. The van der Waals surface area contributed by atoms with Gasteiger partial charge in [0.15, 0.2) is 5.82 Å². The van der Waals surface area contributed by atoms with E-state index in [0.717, 1.165) is 5.56 Å². The lowest BCUT2D eigenvalue weighted by Crippen LogP contribution is -2.09. The fourth-order valence-electron chi connectivity index (χ4n) is 3.78. The van der Waals surface area contributed by atoms with Gasteiger partial charge in [0.2, 0.25) is 0 Å². The highest BCUT2D eigenvalue weighted by Gasteiger charge is 2.18. The van der Waals surface area contributed by atoms with Gasteiger partial charge in [-0.3, -0.25) is 9.78 Å². The summed E-state index contributed by atoms with van der Waals surface area (Å²) in [5.41, 5.74) is 8.80. The number of rotatable bonds is 8. The highest BCUT2D eigenvalue weighted by molar-refractivity contribution is 5.93. The summed E-state index contributed by atoms with van der Waals surface area (Å²) < 4.78 is 45.3. The van der Waals surface area contributed by atoms with E-state index >= 15 is 4.39 Å². The van der Waals surface area contributed by atoms with Gasteiger partial charge < -0.3 is 19.6 Å². The zero-order chi connectivity index (χ0) is 24.2. The number of fused-ring (bicyclic) bond motifs is 1. The van der Waals surface area contributed by atoms with Crippen LogP contribution in [0, 0.1) is 18.8 Å². The molecule has 34 heavy (non-hydrogen) atoms. The molecule has 0 aliphatic rings. The Hall–Kier alpha value is -3.78. The van der Waals surface area contributed by atoms with E-state index in [4.69, 9.17) is 19.6 Å². The van der Waals surface area contributed by atoms with Crippen molar-refractivity contribution in [2.75, 3.05) is 6.61 Å². The molecule has 0 unspecified atom stereocenters. The van der Waals surface area contributed by atoms with Gasteiger partial charge in [-0.2, -0.15) is 4.39 Å². The van der Waals surface area contributed by atoms with Crippen LogP contribution in [0.5, 0.6) is 5.75 Å². The maximum atomic E-state index is 15.0. The number of benzene rings is 2. The normalized spacial score (nSPS) is 11.1. The predicted molar refractivity (Wildman–Crippen MR) is 123 cm³/mol. The number of nitrogens with two attached hydrogens (primary N) is 1. The molecule has 0 fully saturated rings. The lowest BCUT2D eigenvalue weighted by Gasteiger charge is -2.14. The van der Waals surface area contributed by atoms with Crippen molar-refractivity contribution in [2.24, 2.45) is 5.73 Å². The van der Waals surface area contributed by atoms with Crippen molar-refractivity contribution < 1.29 is 27.5 Å². The third-order valence-electron chi connectivity index (χ3n) is 5.35. The van der Waals surface area contributed by atoms with Crippen molar-refractivity contribution in [1.82, 2.24) is 4.98 Å². The number of ether oxygens (including phenoxy) is 2. The molecule has 0 radical (unpaired) electrons. The maximum absolute atomic E-state index is 15.0. The number of carbonyl (C=O) groups is 1. The minimum atomic E-state index is -0.779. The second-order valence-electron chi connectivity index (χ2n) is 7.82. The topological polar surface area (TPSA) is 87.6 Å². The van der Waals surface area contributed by atoms with E-state index in [1.807, 2.05) is 25.1 Å². The first-order valence-corrected chi connectivity index (χ1v) is 10.8. The largest absolute Gasteiger partial charge is 0.489 e. The van der Waals surface area contributed by atoms with E-state index in [-0.39, 0.29) is 42.4 Å². The van der Waals surface area contributed by atoms with Crippen molar-refractivity contribution in [3.63, 3.8) is 0 Å². The molecule has 0 bridgehead atoms. The summed E-state index contributed by atoms with van der Waals surface area (Å²) in [4.78, 5) is 15.9. The van der Waals surface area contributed by atoms with Gasteiger partial charge in [-0.25, -0.2) is 4.39 Å². The number of esters is 1. The Labute approximate surface area is 195 Å². The van der Waals surface area contributed by atoms with E-state index in [0.29, 0.717) is 34.4 Å². The van der Waals surface area contributed by atoms with E-state index in [2.05, 4.69) is 4.98 Å². The van der Waals surface area contributed by atoms with Gasteiger partial charge in [0.1, 0.15) is 17.9 Å². The number of hydrogen-bond donors (Lipinski definition) is 1. The summed E-state index contributed by atoms with van der Waals surface area (Å²) in [6.07, 6.45) is 1.52. The zero-order valence-electron chi connectivity index (χ0n) is 18.9. The Bertz CT molecular complexity index is 1350. The summed E-state index contributed by atoms with van der Waals surface area (Å²) in [7, 11) is 0. The molecule has 0 saturated heterocycles. The lowest BCUT2D eigenvalue weighted by molar-refractivity contribution is -0.142. The average Bonchev–Trinajstić information content (AvgIpc) is 3.19. The maximum Gasteiger partial charge on any atom is 0.310 e. The Morgan fingerprint density at radius 1 is 1.12 bits per heavy atom. The molecule has 2 heterocycles. The molecule has 2 aromatic carbocycles. The molecule has 6 nitrogen and oxygen atoms in total. The number of aryl methyl sites for hydroxylation is 1. The van der Waals surface area contributed by atoms with E-state index in [1.165, 1.54) is 18.3 Å². The van der Waals surface area contributed by atoms with Crippen molar-refractivity contribution >= 4 is 16.9 Å². The van der Waals surface area contributed by atoms with Crippen LogP contribution in [-0.2, 0) is 29.1 Å². The smallest absolute Gasteiger partial charge is 0.310 e. The third kappa shape index (κ3) is 4.92. The van der Waals surface area contributed by atoms with Gasteiger partial charge in [0.05, 0.1) is 18.7 Å². The number of nitrogens with zero attached hydrogens (tertiary/aromatic N) is 1. The van der Waals surface area contributed by atoms with Crippen LogP contribution in [0.15, 0.2) is 53.1 Å². The van der Waals surface area contributed by atoms with Crippen LogP contribution in [0.3, 0.4) is 0 Å². The summed E-state index contributed by atoms with van der Waals surface area (Å²) in [5.74, 6) is -0.400. The monoisotopic (exact) mass is 466 g/mol. The number of aromatic nitrogens is 1. The number of furan rings is 1. The Balaban J connectivity index is 1.70. The van der Waals surface area contributed by atoms with Gasteiger partial charge >= 0.3 is 5.97 Å². The Kier molecular flexibility index (Phi) is 6.88. The quantitative estimate of drug-likeness (QED) is 0.358. The molecule has 0 aliphatic carbocycles. The molecule has 2 N–H and O–H groups in total. The second kappa shape index (κ2) is 10.0.